The van der Waals surface area contributed by atoms with E-state index in [2.05, 4.69) is 15.6 Å². The van der Waals surface area contributed by atoms with Gasteiger partial charge >= 0.3 is 0 Å². The van der Waals surface area contributed by atoms with E-state index in [0.717, 1.165) is 24.1 Å². The standard InChI is InChI=1S/C28H32N4O5/c1-4-29-27(34)20-10-12-23(13-11-20)37-24-15-21(28(35)30-16-25-18(2)31-19(3)36-25)8-9-22(24)17-32-14-6-5-7-26(32)33/h8-13,15H,4-7,14,16-17H2,1-3H3,(H,29,34)(H,30,35). The Morgan fingerprint density at radius 2 is 1.76 bits per heavy atom. The number of aromatic nitrogens is 1. The van der Waals surface area contributed by atoms with Crippen LogP contribution >= 0.6 is 0 Å². The first-order valence-electron chi connectivity index (χ1n) is 12.5. The highest BCUT2D eigenvalue weighted by Gasteiger charge is 2.21. The van der Waals surface area contributed by atoms with E-state index in [1.54, 1.807) is 43.3 Å². The number of oxazole rings is 1. The van der Waals surface area contributed by atoms with E-state index in [1.807, 2.05) is 24.8 Å². The monoisotopic (exact) mass is 504 g/mol. The van der Waals surface area contributed by atoms with Gasteiger partial charge in [-0.1, -0.05) is 6.07 Å². The summed E-state index contributed by atoms with van der Waals surface area (Å²) < 4.78 is 11.7. The second-order valence-electron chi connectivity index (χ2n) is 9.00. The quantitative estimate of drug-likeness (QED) is 0.450. The summed E-state index contributed by atoms with van der Waals surface area (Å²) in [7, 11) is 0. The minimum atomic E-state index is -0.287. The van der Waals surface area contributed by atoms with E-state index < -0.39 is 0 Å². The maximum atomic E-state index is 12.9. The predicted octanol–water partition coefficient (Wildman–Crippen LogP) is 4.28. The first-order chi connectivity index (χ1) is 17.8. The Balaban J connectivity index is 1.55. The lowest BCUT2D eigenvalue weighted by Gasteiger charge is -2.27. The van der Waals surface area contributed by atoms with Gasteiger partial charge in [-0.3, -0.25) is 14.4 Å². The molecule has 1 aliphatic heterocycles. The SMILES string of the molecule is CCNC(=O)c1ccc(Oc2cc(C(=O)NCc3oc(C)nc3C)ccc2CN2CCCCC2=O)cc1. The third kappa shape index (κ3) is 6.55. The first kappa shape index (κ1) is 25.9. The fraction of sp³-hybridized carbons (Fsp3) is 0.357. The van der Waals surface area contributed by atoms with Crippen molar-refractivity contribution >= 4 is 17.7 Å². The van der Waals surface area contributed by atoms with Crippen molar-refractivity contribution in [2.75, 3.05) is 13.1 Å². The third-order valence-electron chi connectivity index (χ3n) is 6.20. The molecule has 3 amide bonds. The van der Waals surface area contributed by atoms with Crippen LogP contribution in [0.1, 0.15) is 69.8 Å². The minimum Gasteiger partial charge on any atom is -0.457 e. The molecule has 1 saturated heterocycles. The molecule has 37 heavy (non-hydrogen) atoms. The fourth-order valence-electron chi connectivity index (χ4n) is 4.22. The van der Waals surface area contributed by atoms with Gasteiger partial charge in [0.2, 0.25) is 5.91 Å². The highest BCUT2D eigenvalue weighted by atomic mass is 16.5. The number of nitrogens with one attached hydrogen (secondary N) is 2. The van der Waals surface area contributed by atoms with Gasteiger partial charge in [-0.25, -0.2) is 4.98 Å². The molecule has 0 radical (unpaired) electrons. The molecule has 0 saturated carbocycles. The van der Waals surface area contributed by atoms with Gasteiger partial charge in [0.15, 0.2) is 5.89 Å². The summed E-state index contributed by atoms with van der Waals surface area (Å²) in [5.41, 5.74) is 2.47. The van der Waals surface area contributed by atoms with Crippen molar-refractivity contribution in [2.24, 2.45) is 0 Å². The van der Waals surface area contributed by atoms with E-state index in [9.17, 15) is 14.4 Å². The summed E-state index contributed by atoms with van der Waals surface area (Å²) in [5, 5.41) is 5.63. The summed E-state index contributed by atoms with van der Waals surface area (Å²) in [6.07, 6.45) is 2.41. The average molecular weight is 505 g/mol. The number of hydrogen-bond acceptors (Lipinski definition) is 6. The van der Waals surface area contributed by atoms with Crippen molar-refractivity contribution in [2.45, 2.75) is 53.1 Å². The van der Waals surface area contributed by atoms with Crippen LogP contribution in [0.25, 0.3) is 0 Å². The minimum absolute atomic E-state index is 0.114. The molecule has 1 fully saturated rings. The van der Waals surface area contributed by atoms with Crippen LogP contribution in [0.5, 0.6) is 11.5 Å². The second kappa shape index (κ2) is 11.7. The Morgan fingerprint density at radius 3 is 2.43 bits per heavy atom. The highest BCUT2D eigenvalue weighted by molar-refractivity contribution is 5.95. The molecule has 0 spiro atoms. The van der Waals surface area contributed by atoms with Gasteiger partial charge in [0.1, 0.15) is 17.3 Å². The summed E-state index contributed by atoms with van der Waals surface area (Å²) in [6.45, 7) is 7.30. The number of benzene rings is 2. The van der Waals surface area contributed by atoms with Crippen LogP contribution in [0, 0.1) is 13.8 Å². The van der Waals surface area contributed by atoms with Crippen LogP contribution in [0.4, 0.5) is 0 Å². The van der Waals surface area contributed by atoms with Crippen LogP contribution in [-0.4, -0.2) is 40.7 Å². The molecular formula is C28H32N4O5. The molecule has 0 atom stereocenters. The molecule has 0 unspecified atom stereocenters. The number of carbonyl (C=O) groups is 3. The molecule has 4 rings (SSSR count). The maximum Gasteiger partial charge on any atom is 0.251 e. The topological polar surface area (TPSA) is 114 Å². The van der Waals surface area contributed by atoms with E-state index in [4.69, 9.17) is 9.15 Å². The second-order valence-corrected chi connectivity index (χ2v) is 9.00. The zero-order chi connectivity index (χ0) is 26.4. The predicted molar refractivity (Wildman–Crippen MR) is 137 cm³/mol. The largest absolute Gasteiger partial charge is 0.457 e. The normalized spacial score (nSPS) is 13.4. The van der Waals surface area contributed by atoms with Crippen LogP contribution in [0.3, 0.4) is 0 Å². The number of amides is 3. The van der Waals surface area contributed by atoms with Crippen molar-refractivity contribution in [1.29, 1.82) is 0 Å². The Labute approximate surface area is 216 Å². The van der Waals surface area contributed by atoms with Crippen LogP contribution in [0.2, 0.25) is 0 Å². The molecule has 2 N–H and O–H groups in total. The molecule has 2 heterocycles. The lowest BCUT2D eigenvalue weighted by atomic mass is 10.1. The van der Waals surface area contributed by atoms with Gasteiger partial charge in [-0.05, 0) is 63.1 Å². The molecule has 0 bridgehead atoms. The van der Waals surface area contributed by atoms with Gasteiger partial charge in [0.25, 0.3) is 11.8 Å². The van der Waals surface area contributed by atoms with E-state index in [-0.39, 0.29) is 24.3 Å². The maximum absolute atomic E-state index is 12.9. The molecular weight excluding hydrogens is 472 g/mol. The number of hydrogen-bond donors (Lipinski definition) is 2. The van der Waals surface area contributed by atoms with Crippen molar-refractivity contribution in [3.63, 3.8) is 0 Å². The lowest BCUT2D eigenvalue weighted by molar-refractivity contribution is -0.133. The summed E-state index contributed by atoms with van der Waals surface area (Å²) in [6, 6.07) is 12.0. The Kier molecular flexibility index (Phi) is 8.22. The van der Waals surface area contributed by atoms with Crippen LogP contribution in [0.15, 0.2) is 46.9 Å². The highest BCUT2D eigenvalue weighted by Crippen LogP contribution is 2.29. The zero-order valence-corrected chi connectivity index (χ0v) is 21.4. The molecule has 0 aliphatic carbocycles. The molecule has 194 valence electrons. The van der Waals surface area contributed by atoms with Gasteiger partial charge in [0, 0.05) is 49.7 Å². The molecule has 2 aromatic carbocycles. The van der Waals surface area contributed by atoms with Crippen molar-refractivity contribution < 1.29 is 23.5 Å². The van der Waals surface area contributed by atoms with Gasteiger partial charge in [0.05, 0.1) is 12.2 Å². The number of carbonyl (C=O) groups excluding carboxylic acids is 3. The van der Waals surface area contributed by atoms with E-state index in [1.165, 1.54) is 0 Å². The fourth-order valence-corrected chi connectivity index (χ4v) is 4.22. The number of rotatable bonds is 9. The lowest BCUT2D eigenvalue weighted by Crippen LogP contribution is -2.34. The summed E-state index contributed by atoms with van der Waals surface area (Å²) >= 11 is 0. The van der Waals surface area contributed by atoms with Gasteiger partial charge in [-0.15, -0.1) is 0 Å². The molecule has 1 aromatic heterocycles. The molecule has 3 aromatic rings. The van der Waals surface area contributed by atoms with Crippen molar-refractivity contribution in [3.8, 4) is 11.5 Å². The Hall–Kier alpha value is -4.14. The number of nitrogens with zero attached hydrogens (tertiary/aromatic N) is 2. The van der Waals surface area contributed by atoms with E-state index >= 15 is 0 Å². The van der Waals surface area contributed by atoms with Crippen LogP contribution in [-0.2, 0) is 17.9 Å². The van der Waals surface area contributed by atoms with Gasteiger partial charge < -0.3 is 24.7 Å². The summed E-state index contributed by atoms with van der Waals surface area (Å²) in [4.78, 5) is 43.5. The van der Waals surface area contributed by atoms with Crippen LogP contribution < -0.4 is 15.4 Å². The number of piperidine rings is 1. The molecule has 9 nitrogen and oxygen atoms in total. The summed E-state index contributed by atoms with van der Waals surface area (Å²) in [5.74, 6) is 1.82. The third-order valence-corrected chi connectivity index (χ3v) is 6.20. The Morgan fingerprint density at radius 1 is 1.03 bits per heavy atom. The smallest absolute Gasteiger partial charge is 0.251 e. The average Bonchev–Trinajstić information content (AvgIpc) is 3.22. The molecule has 1 aliphatic rings. The Bertz CT molecular complexity index is 1280. The number of aryl methyl sites for hydroxylation is 2. The van der Waals surface area contributed by atoms with Crippen molar-refractivity contribution in [3.05, 3.63) is 76.5 Å². The number of likely N-dealkylation sites (tertiary alicyclic amines) is 1. The zero-order valence-electron chi connectivity index (χ0n) is 21.4. The van der Waals surface area contributed by atoms with Crippen molar-refractivity contribution in [1.82, 2.24) is 20.5 Å². The molecule has 9 heteroatoms. The number of ether oxygens (including phenoxy) is 1. The first-order valence-corrected chi connectivity index (χ1v) is 12.5. The van der Waals surface area contributed by atoms with E-state index in [0.29, 0.717) is 60.3 Å². The van der Waals surface area contributed by atoms with Gasteiger partial charge in [-0.2, -0.15) is 0 Å².